The van der Waals surface area contributed by atoms with Crippen LogP contribution in [0, 0.1) is 0 Å². The summed E-state index contributed by atoms with van der Waals surface area (Å²) in [6.45, 7) is 1.74. The zero-order valence-electron chi connectivity index (χ0n) is 27.5. The first-order chi connectivity index (χ1) is 23.8. The molecule has 0 amide bonds. The molecule has 1 aliphatic rings. The lowest BCUT2D eigenvalue weighted by Crippen LogP contribution is -2.49. The van der Waals surface area contributed by atoms with Gasteiger partial charge in [-0.15, -0.1) is 0 Å². The molecule has 0 spiro atoms. The Hall–Kier alpha value is -3.90. The maximum atomic E-state index is 7.01. The van der Waals surface area contributed by atoms with E-state index in [4.69, 9.17) is 5.73 Å². The van der Waals surface area contributed by atoms with Gasteiger partial charge < -0.3 is 5.73 Å². The van der Waals surface area contributed by atoms with Gasteiger partial charge in [-0.1, -0.05) is 183 Å². The van der Waals surface area contributed by atoms with Gasteiger partial charge in [-0.05, 0) is 71.6 Å². The van der Waals surface area contributed by atoms with Crippen molar-refractivity contribution in [1.82, 2.24) is 4.90 Å². The normalized spacial score (nSPS) is 16.4. The average molecular weight is 663 g/mol. The van der Waals surface area contributed by atoms with Crippen LogP contribution < -0.4 is 37.6 Å². The zero-order valence-corrected chi connectivity index (χ0v) is 29.3. The highest BCUT2D eigenvalue weighted by Crippen LogP contribution is 2.37. The number of benzene rings is 6. The minimum atomic E-state index is -0.717. The van der Waals surface area contributed by atoms with Gasteiger partial charge in [0.05, 0.1) is 0 Å². The fraction of sp³-hybridized carbons (Fsp3) is 0.182. The first-order valence-corrected chi connectivity index (χ1v) is 19.9. The maximum absolute atomic E-state index is 7.01. The lowest BCUT2D eigenvalue weighted by atomic mass is 9.89. The summed E-state index contributed by atoms with van der Waals surface area (Å²) in [6, 6.07) is 63.2. The Morgan fingerprint density at radius 3 is 1.15 bits per heavy atom. The minimum Gasteiger partial charge on any atom is -0.326 e. The molecule has 1 saturated carbocycles. The predicted molar refractivity (Wildman–Crippen MR) is 210 cm³/mol. The van der Waals surface area contributed by atoms with Crippen molar-refractivity contribution in [2.45, 2.75) is 50.9 Å². The molecule has 2 atom stereocenters. The molecule has 0 heterocycles. The summed E-state index contributed by atoms with van der Waals surface area (Å²) in [4.78, 5) is 2.73. The second kappa shape index (κ2) is 16.0. The van der Waals surface area contributed by atoms with Gasteiger partial charge in [0, 0.05) is 25.2 Å². The number of rotatable bonds is 11. The van der Waals surface area contributed by atoms with E-state index >= 15 is 0 Å². The van der Waals surface area contributed by atoms with E-state index < -0.39 is 15.8 Å². The lowest BCUT2D eigenvalue weighted by Gasteiger charge is -2.39. The first kappa shape index (κ1) is 32.6. The molecule has 4 heteroatoms. The van der Waals surface area contributed by atoms with E-state index in [0.29, 0.717) is 6.04 Å². The number of hydrogen-bond donors (Lipinski definition) is 1. The quantitative estimate of drug-likeness (QED) is 0.146. The van der Waals surface area contributed by atoms with Crippen LogP contribution in [0.4, 0.5) is 0 Å². The van der Waals surface area contributed by atoms with E-state index in [1.54, 1.807) is 0 Å². The Morgan fingerprint density at radius 2 is 0.771 bits per heavy atom. The van der Waals surface area contributed by atoms with Crippen LogP contribution in [-0.4, -0.2) is 17.0 Å². The van der Waals surface area contributed by atoms with Crippen LogP contribution in [0.15, 0.2) is 170 Å². The van der Waals surface area contributed by atoms with Gasteiger partial charge in [0.2, 0.25) is 0 Å². The van der Waals surface area contributed by atoms with E-state index in [1.165, 1.54) is 55.8 Å². The molecule has 1 fully saturated rings. The maximum Gasteiger partial charge on any atom is 0.0254 e. The van der Waals surface area contributed by atoms with Gasteiger partial charge >= 0.3 is 0 Å². The second-order valence-corrected chi connectivity index (χ2v) is 17.1. The van der Waals surface area contributed by atoms with Crippen molar-refractivity contribution in [3.63, 3.8) is 0 Å². The third kappa shape index (κ3) is 7.54. The van der Waals surface area contributed by atoms with Crippen LogP contribution in [0.5, 0.6) is 0 Å². The Morgan fingerprint density at radius 1 is 0.438 bits per heavy atom. The summed E-state index contributed by atoms with van der Waals surface area (Å²) in [5.41, 5.74) is 9.82. The SMILES string of the molecule is NC1CCCC[C@@H]1N(Cc1ccccc1P(c1ccccc1)c1ccccc1)Cc1ccccc1P(c1ccccc1)c1ccccc1. The molecule has 0 aliphatic heterocycles. The molecule has 0 radical (unpaired) electrons. The van der Waals surface area contributed by atoms with Crippen LogP contribution in [0.25, 0.3) is 0 Å². The molecule has 0 aromatic heterocycles. The molecule has 1 unspecified atom stereocenters. The molecular weight excluding hydrogens is 618 g/mol. The fourth-order valence-electron chi connectivity index (χ4n) is 7.21. The van der Waals surface area contributed by atoms with E-state index in [1.807, 2.05) is 0 Å². The van der Waals surface area contributed by atoms with Crippen LogP contribution in [0.3, 0.4) is 0 Å². The van der Waals surface area contributed by atoms with E-state index in [9.17, 15) is 0 Å². The highest BCUT2D eigenvalue weighted by molar-refractivity contribution is 7.80. The first-order valence-electron chi connectivity index (χ1n) is 17.2. The summed E-state index contributed by atoms with van der Waals surface area (Å²) in [6.07, 6.45) is 4.69. The zero-order chi connectivity index (χ0) is 32.5. The van der Waals surface area contributed by atoms with Crippen molar-refractivity contribution in [3.05, 3.63) is 181 Å². The van der Waals surface area contributed by atoms with Crippen LogP contribution in [0.1, 0.15) is 36.8 Å². The summed E-state index contributed by atoms with van der Waals surface area (Å²) in [7, 11) is -1.43. The third-order valence-corrected chi connectivity index (χ3v) is 14.6. The summed E-state index contributed by atoms with van der Waals surface area (Å²) >= 11 is 0. The molecule has 7 rings (SSSR count). The van der Waals surface area contributed by atoms with Crippen molar-refractivity contribution in [2.75, 3.05) is 0 Å². The molecule has 48 heavy (non-hydrogen) atoms. The van der Waals surface area contributed by atoms with Crippen LogP contribution >= 0.6 is 15.8 Å². The molecular formula is C44H44N2P2. The monoisotopic (exact) mass is 662 g/mol. The highest BCUT2D eigenvalue weighted by Gasteiger charge is 2.30. The van der Waals surface area contributed by atoms with Crippen molar-refractivity contribution >= 4 is 47.7 Å². The molecule has 6 aromatic rings. The van der Waals surface area contributed by atoms with Crippen LogP contribution in [0.2, 0.25) is 0 Å². The molecule has 2 nitrogen and oxygen atoms in total. The van der Waals surface area contributed by atoms with Gasteiger partial charge in [-0.2, -0.15) is 0 Å². The molecule has 240 valence electrons. The Labute approximate surface area is 289 Å². The summed E-state index contributed by atoms with van der Waals surface area (Å²) in [5, 5.41) is 8.40. The average Bonchev–Trinajstić information content (AvgIpc) is 3.15. The number of nitrogens with zero attached hydrogens (tertiary/aromatic N) is 1. The van der Waals surface area contributed by atoms with E-state index in [-0.39, 0.29) is 6.04 Å². The third-order valence-electron chi connectivity index (χ3n) is 9.52. The van der Waals surface area contributed by atoms with Gasteiger partial charge in [0.25, 0.3) is 0 Å². The van der Waals surface area contributed by atoms with Crippen molar-refractivity contribution in [1.29, 1.82) is 0 Å². The summed E-state index contributed by atoms with van der Waals surface area (Å²) < 4.78 is 0. The highest BCUT2D eigenvalue weighted by atomic mass is 31.1. The van der Waals surface area contributed by atoms with Crippen molar-refractivity contribution in [3.8, 4) is 0 Å². The molecule has 0 bridgehead atoms. The standard InChI is InChI=1S/C44H44N2P2/c45-41-29-15-16-30-42(41)46(33-35-19-13-17-31-43(35)47(37-21-5-1-6-22-37)38-23-7-2-8-24-38)34-36-20-14-18-32-44(36)48(39-25-9-3-10-26-39)40-27-11-4-12-28-40/h1-14,17-28,31-32,41-42H,15-16,29-30,33-34,45H2/t41?,42-/m0/s1. The Kier molecular flexibility index (Phi) is 10.9. The van der Waals surface area contributed by atoms with E-state index in [0.717, 1.165) is 25.9 Å². The summed E-state index contributed by atoms with van der Waals surface area (Å²) in [5.74, 6) is 0. The Balaban J connectivity index is 1.30. The number of hydrogen-bond acceptors (Lipinski definition) is 2. The molecule has 0 saturated heterocycles. The van der Waals surface area contributed by atoms with Gasteiger partial charge in [0.1, 0.15) is 0 Å². The predicted octanol–water partition coefficient (Wildman–Crippen LogP) is 7.48. The topological polar surface area (TPSA) is 29.3 Å². The smallest absolute Gasteiger partial charge is 0.0254 e. The Bertz CT molecular complexity index is 1660. The van der Waals surface area contributed by atoms with Crippen LogP contribution in [-0.2, 0) is 13.1 Å². The molecule has 6 aromatic carbocycles. The van der Waals surface area contributed by atoms with Gasteiger partial charge in [-0.25, -0.2) is 0 Å². The number of nitrogens with two attached hydrogens (primary N) is 1. The largest absolute Gasteiger partial charge is 0.326 e. The van der Waals surface area contributed by atoms with E-state index in [2.05, 4.69) is 175 Å². The minimum absolute atomic E-state index is 0.174. The van der Waals surface area contributed by atoms with Crippen molar-refractivity contribution in [2.24, 2.45) is 5.73 Å². The molecule has 2 N–H and O–H groups in total. The fourth-order valence-corrected chi connectivity index (χ4v) is 12.1. The van der Waals surface area contributed by atoms with Crippen molar-refractivity contribution < 1.29 is 0 Å². The molecule has 1 aliphatic carbocycles. The second-order valence-electron chi connectivity index (χ2n) is 12.7. The van der Waals surface area contributed by atoms with Gasteiger partial charge in [0.15, 0.2) is 0 Å². The van der Waals surface area contributed by atoms with Gasteiger partial charge in [-0.3, -0.25) is 4.90 Å². The lowest BCUT2D eigenvalue weighted by molar-refractivity contribution is 0.122.